The molecule has 2 nitrogen and oxygen atoms in total. The van der Waals surface area contributed by atoms with E-state index in [2.05, 4.69) is 41.4 Å². The third-order valence-electron chi connectivity index (χ3n) is 3.70. The van der Waals surface area contributed by atoms with E-state index in [4.69, 9.17) is 0 Å². The Morgan fingerprint density at radius 3 is 3.05 bits per heavy atom. The van der Waals surface area contributed by atoms with Gasteiger partial charge in [0.05, 0.1) is 0 Å². The van der Waals surface area contributed by atoms with Crippen LogP contribution in [0.25, 0.3) is 6.08 Å². The zero-order valence-corrected chi connectivity index (χ0v) is 11.8. The van der Waals surface area contributed by atoms with Crippen molar-refractivity contribution in [3.63, 3.8) is 0 Å². The van der Waals surface area contributed by atoms with Gasteiger partial charge < -0.3 is 10.0 Å². The number of aryl methyl sites for hydroxylation is 1. The summed E-state index contributed by atoms with van der Waals surface area (Å²) in [6.45, 7) is 7.70. The Balaban J connectivity index is 1.92. The van der Waals surface area contributed by atoms with Crippen LogP contribution in [0.5, 0.6) is 0 Å². The summed E-state index contributed by atoms with van der Waals surface area (Å²) >= 11 is 1.44. The molecule has 98 valence electrons. The number of benzene rings is 1. The van der Waals surface area contributed by atoms with Crippen LogP contribution >= 0.6 is 11.9 Å². The summed E-state index contributed by atoms with van der Waals surface area (Å²) in [4.78, 5) is 0. The highest BCUT2D eigenvalue weighted by atomic mass is 32.2. The number of hydrogen-bond donors (Lipinski definition) is 2. The van der Waals surface area contributed by atoms with Crippen LogP contribution in [0.4, 0.5) is 5.69 Å². The van der Waals surface area contributed by atoms with Crippen molar-refractivity contribution in [3.05, 3.63) is 58.8 Å². The molecule has 0 aromatic heterocycles. The highest BCUT2D eigenvalue weighted by molar-refractivity contribution is 8.00. The molecule has 0 aliphatic heterocycles. The van der Waals surface area contributed by atoms with Gasteiger partial charge in [-0.1, -0.05) is 31.4 Å². The van der Waals surface area contributed by atoms with E-state index in [0.29, 0.717) is 0 Å². The Kier molecular flexibility index (Phi) is 3.38. The molecule has 3 rings (SSSR count). The van der Waals surface area contributed by atoms with Crippen molar-refractivity contribution in [2.75, 3.05) is 5.32 Å². The van der Waals surface area contributed by atoms with Gasteiger partial charge in [0, 0.05) is 5.69 Å². The zero-order chi connectivity index (χ0) is 13.2. The zero-order valence-electron chi connectivity index (χ0n) is 11.0. The van der Waals surface area contributed by atoms with Crippen molar-refractivity contribution < 1.29 is 0 Å². The molecule has 0 fully saturated rings. The summed E-state index contributed by atoms with van der Waals surface area (Å²) in [6, 6.07) is 2.36. The second kappa shape index (κ2) is 5.17. The van der Waals surface area contributed by atoms with E-state index in [1.807, 2.05) is 0 Å². The van der Waals surface area contributed by atoms with Crippen LogP contribution in [0, 0.1) is 0 Å². The minimum atomic E-state index is 0.819. The fourth-order valence-electron chi connectivity index (χ4n) is 2.93. The largest absolute Gasteiger partial charge is 0.341 e. The molecule has 0 heterocycles. The van der Waals surface area contributed by atoms with Crippen LogP contribution in [-0.4, -0.2) is 0 Å². The molecule has 0 saturated carbocycles. The van der Waals surface area contributed by atoms with Crippen molar-refractivity contribution in [1.29, 1.82) is 0 Å². The molecule has 19 heavy (non-hydrogen) atoms. The molecule has 0 radical (unpaired) electrons. The summed E-state index contributed by atoms with van der Waals surface area (Å²) in [6.07, 6.45) is 9.12. The van der Waals surface area contributed by atoms with E-state index >= 15 is 0 Å². The van der Waals surface area contributed by atoms with Crippen molar-refractivity contribution in [1.82, 2.24) is 4.72 Å². The standard InChI is InChI=1S/C16H18N2S/c1-3-19-18-11(2)17-16-14-8-4-6-12(14)10-13-7-5-9-15(13)16/h3-4,6,10,17-18H,1-2,5,7-9H2. The summed E-state index contributed by atoms with van der Waals surface area (Å²) in [5.41, 5.74) is 7.03. The average molecular weight is 270 g/mol. The van der Waals surface area contributed by atoms with Gasteiger partial charge in [0.15, 0.2) is 0 Å². The highest BCUT2D eigenvalue weighted by Crippen LogP contribution is 2.38. The van der Waals surface area contributed by atoms with Crippen molar-refractivity contribution in [2.45, 2.75) is 25.7 Å². The first-order valence-corrected chi connectivity index (χ1v) is 7.50. The van der Waals surface area contributed by atoms with Crippen molar-refractivity contribution >= 4 is 23.7 Å². The van der Waals surface area contributed by atoms with Crippen LogP contribution < -0.4 is 10.0 Å². The third-order valence-corrected chi connectivity index (χ3v) is 4.23. The lowest BCUT2D eigenvalue weighted by Crippen LogP contribution is -2.13. The molecule has 0 saturated heterocycles. The van der Waals surface area contributed by atoms with Gasteiger partial charge in [-0.3, -0.25) is 0 Å². The van der Waals surface area contributed by atoms with Gasteiger partial charge >= 0.3 is 0 Å². The second-order valence-corrected chi connectivity index (χ2v) is 5.68. The Hall–Kier alpha value is -1.61. The van der Waals surface area contributed by atoms with Gasteiger partial charge in [0.2, 0.25) is 0 Å². The number of nitrogens with one attached hydrogen (secondary N) is 2. The van der Waals surface area contributed by atoms with Gasteiger partial charge in [0.25, 0.3) is 0 Å². The average Bonchev–Trinajstić information content (AvgIpc) is 3.04. The minimum Gasteiger partial charge on any atom is -0.341 e. The lowest BCUT2D eigenvalue weighted by molar-refractivity contribution is 0.911. The summed E-state index contributed by atoms with van der Waals surface area (Å²) in [7, 11) is 0. The van der Waals surface area contributed by atoms with E-state index in [1.165, 1.54) is 59.2 Å². The summed E-state index contributed by atoms with van der Waals surface area (Å²) in [5, 5.41) is 5.22. The highest BCUT2D eigenvalue weighted by Gasteiger charge is 2.22. The van der Waals surface area contributed by atoms with Crippen LogP contribution in [0.1, 0.15) is 28.7 Å². The summed E-state index contributed by atoms with van der Waals surface area (Å²) < 4.78 is 3.14. The Morgan fingerprint density at radius 2 is 2.21 bits per heavy atom. The smallest absolute Gasteiger partial charge is 0.106 e. The van der Waals surface area contributed by atoms with Gasteiger partial charge in [-0.2, -0.15) is 0 Å². The van der Waals surface area contributed by atoms with Gasteiger partial charge in [0.1, 0.15) is 5.82 Å². The number of allylic oxidation sites excluding steroid dienone is 1. The maximum Gasteiger partial charge on any atom is 0.106 e. The molecule has 2 aliphatic carbocycles. The predicted octanol–water partition coefficient (Wildman–Crippen LogP) is 4.01. The first-order valence-electron chi connectivity index (χ1n) is 6.62. The predicted molar refractivity (Wildman–Crippen MR) is 84.9 cm³/mol. The molecule has 2 aliphatic rings. The summed E-state index contributed by atoms with van der Waals surface area (Å²) in [5.74, 6) is 0.819. The van der Waals surface area contributed by atoms with Gasteiger partial charge in [-0.25, -0.2) is 0 Å². The molecular formula is C16H18N2S. The van der Waals surface area contributed by atoms with E-state index < -0.39 is 0 Å². The second-order valence-electron chi connectivity index (χ2n) is 4.91. The number of rotatable bonds is 5. The molecule has 1 aromatic carbocycles. The number of hydrogen-bond acceptors (Lipinski definition) is 3. The molecule has 0 amide bonds. The quantitative estimate of drug-likeness (QED) is 0.791. The number of anilines is 1. The van der Waals surface area contributed by atoms with E-state index in [-0.39, 0.29) is 0 Å². The van der Waals surface area contributed by atoms with E-state index in [1.54, 1.807) is 5.41 Å². The Morgan fingerprint density at radius 1 is 1.32 bits per heavy atom. The SMILES string of the molecule is C=CSNC(=C)Nc1c2c(cc3c1CCC3)C=CC2. The Bertz CT molecular complexity index is 569. The van der Waals surface area contributed by atoms with Crippen LogP contribution in [0.2, 0.25) is 0 Å². The normalized spacial score (nSPS) is 14.9. The number of fused-ring (bicyclic) bond motifs is 2. The van der Waals surface area contributed by atoms with E-state index in [0.717, 1.165) is 12.2 Å². The topological polar surface area (TPSA) is 24.1 Å². The lowest BCUT2D eigenvalue weighted by Gasteiger charge is -2.18. The molecule has 0 bridgehead atoms. The molecule has 3 heteroatoms. The maximum absolute atomic E-state index is 4.03. The fraction of sp³-hybridized carbons (Fsp3) is 0.250. The van der Waals surface area contributed by atoms with Crippen molar-refractivity contribution in [2.24, 2.45) is 0 Å². The molecule has 0 atom stereocenters. The van der Waals surface area contributed by atoms with Gasteiger partial charge in [-0.05, 0) is 65.3 Å². The van der Waals surface area contributed by atoms with E-state index in [9.17, 15) is 0 Å². The molecular weight excluding hydrogens is 252 g/mol. The van der Waals surface area contributed by atoms with Gasteiger partial charge in [-0.15, -0.1) is 0 Å². The first-order chi connectivity index (χ1) is 9.29. The minimum absolute atomic E-state index is 0.819. The maximum atomic E-state index is 4.03. The van der Waals surface area contributed by atoms with Crippen molar-refractivity contribution in [3.8, 4) is 0 Å². The van der Waals surface area contributed by atoms with Crippen LogP contribution in [0.3, 0.4) is 0 Å². The van der Waals surface area contributed by atoms with Crippen LogP contribution in [0.15, 0.2) is 36.5 Å². The lowest BCUT2D eigenvalue weighted by atomic mass is 9.98. The Labute approximate surface area is 118 Å². The first kappa shape index (κ1) is 12.4. The van der Waals surface area contributed by atoms with Crippen LogP contribution in [-0.2, 0) is 19.3 Å². The molecule has 0 spiro atoms. The molecule has 2 N–H and O–H groups in total. The third kappa shape index (κ3) is 2.30. The molecule has 1 aromatic rings. The fourth-order valence-corrected chi connectivity index (χ4v) is 3.20. The monoisotopic (exact) mass is 270 g/mol. The molecule has 0 unspecified atom stereocenters.